The Hall–Kier alpha value is -1.62. The van der Waals surface area contributed by atoms with E-state index in [0.29, 0.717) is 18.0 Å². The van der Waals surface area contributed by atoms with Crippen LogP contribution in [0, 0.1) is 5.92 Å². The highest BCUT2D eigenvalue weighted by atomic mass is 16.1. The lowest BCUT2D eigenvalue weighted by molar-refractivity contribution is 0.0950. The minimum Gasteiger partial charge on any atom is -0.384 e. The molecule has 0 fully saturated rings. The van der Waals surface area contributed by atoms with Crippen LogP contribution in [-0.4, -0.2) is 49.5 Å². The number of hydrogen-bond acceptors (Lipinski definition) is 4. The number of nitrogens with zero attached hydrogens (tertiary/aromatic N) is 2. The van der Waals surface area contributed by atoms with Crippen LogP contribution >= 0.6 is 0 Å². The molecule has 0 aliphatic rings. The Morgan fingerprint density at radius 3 is 2.70 bits per heavy atom. The van der Waals surface area contributed by atoms with E-state index in [1.54, 1.807) is 12.4 Å². The summed E-state index contributed by atoms with van der Waals surface area (Å²) < 4.78 is 0. The highest BCUT2D eigenvalue weighted by Gasteiger charge is 2.06. The van der Waals surface area contributed by atoms with Crippen molar-refractivity contribution in [2.45, 2.75) is 20.3 Å². The summed E-state index contributed by atoms with van der Waals surface area (Å²) in [4.78, 5) is 18.1. The number of nitrogens with one attached hydrogen (secondary N) is 2. The number of likely N-dealkylation sites (N-methyl/N-ethyl adjacent to an activating group) is 1. The van der Waals surface area contributed by atoms with Crippen molar-refractivity contribution in [1.82, 2.24) is 15.2 Å². The molecule has 0 aliphatic heterocycles. The number of anilines is 1. The second-order valence-electron chi connectivity index (χ2n) is 5.63. The minimum atomic E-state index is -0.0770. The molecule has 0 saturated carbocycles. The zero-order chi connectivity index (χ0) is 15.0. The van der Waals surface area contributed by atoms with Crippen LogP contribution in [0.5, 0.6) is 0 Å². The molecule has 5 heteroatoms. The van der Waals surface area contributed by atoms with Crippen LogP contribution < -0.4 is 10.6 Å². The summed E-state index contributed by atoms with van der Waals surface area (Å²) in [5.74, 6) is 0.583. The fraction of sp³-hybridized carbons (Fsp3) is 0.600. The van der Waals surface area contributed by atoms with Gasteiger partial charge in [0.15, 0.2) is 0 Å². The molecule has 0 bridgehead atoms. The molecule has 2 N–H and O–H groups in total. The number of rotatable bonds is 8. The summed E-state index contributed by atoms with van der Waals surface area (Å²) in [6, 6.07) is 1.85. The van der Waals surface area contributed by atoms with E-state index in [1.807, 2.05) is 25.1 Å². The highest BCUT2D eigenvalue weighted by Crippen LogP contribution is 2.09. The van der Waals surface area contributed by atoms with Crippen molar-refractivity contribution >= 4 is 11.6 Å². The van der Waals surface area contributed by atoms with Crippen molar-refractivity contribution in [2.24, 2.45) is 5.92 Å². The van der Waals surface area contributed by atoms with Gasteiger partial charge in [-0.25, -0.2) is 0 Å². The summed E-state index contributed by atoms with van der Waals surface area (Å²) in [7, 11) is 3.96. The molecule has 1 aromatic heterocycles. The van der Waals surface area contributed by atoms with Crippen LogP contribution in [0.4, 0.5) is 5.69 Å². The Bertz CT molecular complexity index is 418. The highest BCUT2D eigenvalue weighted by molar-refractivity contribution is 5.94. The molecule has 0 aromatic carbocycles. The summed E-state index contributed by atoms with van der Waals surface area (Å²) in [6.07, 6.45) is 4.44. The van der Waals surface area contributed by atoms with Gasteiger partial charge >= 0.3 is 0 Å². The fourth-order valence-electron chi connectivity index (χ4n) is 1.66. The number of aromatic nitrogens is 1. The summed E-state index contributed by atoms with van der Waals surface area (Å²) in [5.41, 5.74) is 1.49. The van der Waals surface area contributed by atoms with E-state index in [1.165, 1.54) is 0 Å². The average molecular weight is 278 g/mol. The number of carbonyl (C=O) groups is 1. The Balaban J connectivity index is 2.47. The van der Waals surface area contributed by atoms with Gasteiger partial charge in [0.1, 0.15) is 0 Å². The molecule has 20 heavy (non-hydrogen) atoms. The SMILES string of the molecule is CC(C)CCNc1cncc(C(=O)NCCN(C)C)c1. The first-order valence-electron chi connectivity index (χ1n) is 7.11. The lowest BCUT2D eigenvalue weighted by Crippen LogP contribution is -2.31. The van der Waals surface area contributed by atoms with Gasteiger partial charge in [-0.2, -0.15) is 0 Å². The van der Waals surface area contributed by atoms with Gasteiger partial charge in [-0.3, -0.25) is 9.78 Å². The van der Waals surface area contributed by atoms with E-state index < -0.39 is 0 Å². The standard InChI is InChI=1S/C15H26N4O/c1-12(2)5-6-17-14-9-13(10-16-11-14)15(20)18-7-8-19(3)4/h9-12,17H,5-8H2,1-4H3,(H,18,20). The second kappa shape index (κ2) is 8.53. The molecule has 1 rings (SSSR count). The number of pyridine rings is 1. The van der Waals surface area contributed by atoms with Gasteiger partial charge in [-0.05, 0) is 32.5 Å². The molecular weight excluding hydrogens is 252 g/mol. The molecular formula is C15H26N4O. The van der Waals surface area contributed by atoms with Gasteiger partial charge in [0.2, 0.25) is 0 Å². The summed E-state index contributed by atoms with van der Waals surface area (Å²) in [5, 5.41) is 6.18. The summed E-state index contributed by atoms with van der Waals surface area (Å²) in [6.45, 7) is 6.73. The lowest BCUT2D eigenvalue weighted by Gasteiger charge is -2.11. The molecule has 112 valence electrons. The lowest BCUT2D eigenvalue weighted by atomic mass is 10.1. The Kier molecular flexibility index (Phi) is 7.01. The van der Waals surface area contributed by atoms with Crippen LogP contribution in [-0.2, 0) is 0 Å². The zero-order valence-corrected chi connectivity index (χ0v) is 12.9. The van der Waals surface area contributed by atoms with Gasteiger partial charge in [0, 0.05) is 32.0 Å². The van der Waals surface area contributed by atoms with E-state index in [-0.39, 0.29) is 5.91 Å². The van der Waals surface area contributed by atoms with Gasteiger partial charge < -0.3 is 15.5 Å². The molecule has 0 radical (unpaired) electrons. The molecule has 1 heterocycles. The van der Waals surface area contributed by atoms with Crippen LogP contribution in [0.3, 0.4) is 0 Å². The molecule has 1 amide bonds. The predicted molar refractivity (Wildman–Crippen MR) is 83.1 cm³/mol. The normalized spacial score (nSPS) is 10.9. The van der Waals surface area contributed by atoms with Crippen molar-refractivity contribution in [1.29, 1.82) is 0 Å². The molecule has 0 aliphatic carbocycles. The zero-order valence-electron chi connectivity index (χ0n) is 12.9. The quantitative estimate of drug-likeness (QED) is 0.762. The van der Waals surface area contributed by atoms with Crippen LogP contribution in [0.1, 0.15) is 30.6 Å². The van der Waals surface area contributed by atoms with Crippen molar-refractivity contribution < 1.29 is 4.79 Å². The van der Waals surface area contributed by atoms with Crippen LogP contribution in [0.15, 0.2) is 18.5 Å². The molecule has 1 aromatic rings. The van der Waals surface area contributed by atoms with Crippen LogP contribution in [0.2, 0.25) is 0 Å². The first kappa shape index (κ1) is 16.4. The minimum absolute atomic E-state index is 0.0770. The van der Waals surface area contributed by atoms with Crippen molar-refractivity contribution in [3.63, 3.8) is 0 Å². The van der Waals surface area contributed by atoms with Crippen molar-refractivity contribution in [2.75, 3.05) is 39.0 Å². The van der Waals surface area contributed by atoms with Crippen LogP contribution in [0.25, 0.3) is 0 Å². The monoisotopic (exact) mass is 278 g/mol. The average Bonchev–Trinajstić information content (AvgIpc) is 2.38. The third-order valence-electron chi connectivity index (χ3n) is 2.90. The summed E-state index contributed by atoms with van der Waals surface area (Å²) >= 11 is 0. The molecule has 0 saturated heterocycles. The third kappa shape index (κ3) is 6.52. The van der Waals surface area contributed by atoms with E-state index in [0.717, 1.165) is 25.2 Å². The van der Waals surface area contributed by atoms with Gasteiger partial charge in [-0.15, -0.1) is 0 Å². The maximum absolute atomic E-state index is 12.0. The maximum Gasteiger partial charge on any atom is 0.252 e. The van der Waals surface area contributed by atoms with E-state index in [2.05, 4.69) is 29.5 Å². The van der Waals surface area contributed by atoms with Gasteiger partial charge in [0.25, 0.3) is 5.91 Å². The predicted octanol–water partition coefficient (Wildman–Crippen LogP) is 1.83. The van der Waals surface area contributed by atoms with Gasteiger partial charge in [0.05, 0.1) is 11.3 Å². The van der Waals surface area contributed by atoms with Crippen molar-refractivity contribution in [3.05, 3.63) is 24.0 Å². The Morgan fingerprint density at radius 2 is 2.05 bits per heavy atom. The molecule has 0 unspecified atom stereocenters. The van der Waals surface area contributed by atoms with E-state index >= 15 is 0 Å². The molecule has 0 atom stereocenters. The third-order valence-corrected chi connectivity index (χ3v) is 2.90. The second-order valence-corrected chi connectivity index (χ2v) is 5.63. The molecule has 0 spiro atoms. The number of hydrogen-bond donors (Lipinski definition) is 2. The number of amides is 1. The smallest absolute Gasteiger partial charge is 0.252 e. The Labute approximate surface area is 121 Å². The van der Waals surface area contributed by atoms with Gasteiger partial charge in [-0.1, -0.05) is 13.8 Å². The van der Waals surface area contributed by atoms with E-state index in [9.17, 15) is 4.79 Å². The topological polar surface area (TPSA) is 57.3 Å². The fourth-order valence-corrected chi connectivity index (χ4v) is 1.66. The van der Waals surface area contributed by atoms with Crippen molar-refractivity contribution in [3.8, 4) is 0 Å². The molecule has 5 nitrogen and oxygen atoms in total. The largest absolute Gasteiger partial charge is 0.384 e. The maximum atomic E-state index is 12.0. The first-order chi connectivity index (χ1) is 9.49. The number of carbonyl (C=O) groups excluding carboxylic acids is 1. The van der Waals surface area contributed by atoms with E-state index in [4.69, 9.17) is 0 Å². The first-order valence-corrected chi connectivity index (χ1v) is 7.11. The Morgan fingerprint density at radius 1 is 1.30 bits per heavy atom.